The molecule has 0 spiro atoms. The first-order valence-corrected chi connectivity index (χ1v) is 11.1. The van der Waals surface area contributed by atoms with E-state index in [-0.39, 0.29) is 0 Å². The first kappa shape index (κ1) is 19.1. The summed E-state index contributed by atoms with van der Waals surface area (Å²) in [5, 5.41) is 3.40. The summed E-state index contributed by atoms with van der Waals surface area (Å²) in [7, 11) is 2.03. The second-order valence-corrected chi connectivity index (χ2v) is 8.28. The molecule has 7 heteroatoms. The lowest BCUT2D eigenvalue weighted by Crippen LogP contribution is -2.43. The van der Waals surface area contributed by atoms with Crippen LogP contribution in [0.15, 0.2) is 59.3 Å². The Bertz CT molecular complexity index is 1260. The number of nitrogens with one attached hydrogen (secondary N) is 1. The molecule has 162 valence electrons. The molecule has 3 aromatic heterocycles. The monoisotopic (exact) mass is 427 g/mol. The summed E-state index contributed by atoms with van der Waals surface area (Å²) >= 11 is 0. The molecular weight excluding hydrogens is 402 g/mol. The molecule has 2 aliphatic heterocycles. The first-order chi connectivity index (χ1) is 15.8. The molecule has 0 atom stereocenters. The van der Waals surface area contributed by atoms with E-state index in [2.05, 4.69) is 49.4 Å². The van der Waals surface area contributed by atoms with E-state index in [4.69, 9.17) is 9.15 Å². The Morgan fingerprint density at radius 2 is 1.78 bits per heavy atom. The number of hydrogen-bond acceptors (Lipinski definition) is 7. The fourth-order valence-electron chi connectivity index (χ4n) is 4.44. The molecule has 0 amide bonds. The van der Waals surface area contributed by atoms with Gasteiger partial charge < -0.3 is 24.3 Å². The van der Waals surface area contributed by atoms with Gasteiger partial charge in [0.2, 0.25) is 0 Å². The van der Waals surface area contributed by atoms with Gasteiger partial charge in [0.15, 0.2) is 17.2 Å². The molecule has 0 saturated carbocycles. The molecule has 2 aliphatic rings. The van der Waals surface area contributed by atoms with E-state index >= 15 is 0 Å². The predicted octanol–water partition coefficient (Wildman–Crippen LogP) is 3.80. The lowest BCUT2D eigenvalue weighted by Gasteiger charge is -2.29. The maximum Gasteiger partial charge on any atom is 0.171 e. The van der Waals surface area contributed by atoms with Gasteiger partial charge in [-0.15, -0.1) is 0 Å². The third kappa shape index (κ3) is 3.35. The summed E-state index contributed by atoms with van der Waals surface area (Å²) in [4.78, 5) is 13.7. The molecule has 5 heterocycles. The fraction of sp³-hybridized carbons (Fsp3) is 0.280. The van der Waals surface area contributed by atoms with Crippen molar-refractivity contribution in [3.05, 3.63) is 54.9 Å². The summed E-state index contributed by atoms with van der Waals surface area (Å²) in [6, 6.07) is 14.6. The van der Waals surface area contributed by atoms with E-state index in [0.29, 0.717) is 6.61 Å². The molecule has 32 heavy (non-hydrogen) atoms. The van der Waals surface area contributed by atoms with Gasteiger partial charge in [-0.3, -0.25) is 4.98 Å². The first-order valence-electron chi connectivity index (χ1n) is 11.1. The van der Waals surface area contributed by atoms with E-state index in [1.165, 1.54) is 5.69 Å². The molecule has 0 bridgehead atoms. The van der Waals surface area contributed by atoms with Crippen molar-refractivity contribution in [2.24, 2.45) is 0 Å². The number of piperazine rings is 1. The average molecular weight is 428 g/mol. The van der Waals surface area contributed by atoms with Gasteiger partial charge in [-0.1, -0.05) is 0 Å². The van der Waals surface area contributed by atoms with Crippen LogP contribution in [0.3, 0.4) is 0 Å². The number of furan rings is 1. The van der Waals surface area contributed by atoms with Gasteiger partial charge in [0.25, 0.3) is 0 Å². The fourth-order valence-corrected chi connectivity index (χ4v) is 4.44. The number of nitrogens with zero attached hydrogens (tertiary/aromatic N) is 4. The molecule has 0 unspecified atom stereocenters. The lowest BCUT2D eigenvalue weighted by atomic mass is 10.1. The minimum absolute atomic E-state index is 0.662. The van der Waals surface area contributed by atoms with Crippen LogP contribution in [0.4, 0.5) is 11.5 Å². The highest BCUT2D eigenvalue weighted by Crippen LogP contribution is 2.37. The van der Waals surface area contributed by atoms with E-state index in [9.17, 15) is 0 Å². The van der Waals surface area contributed by atoms with Gasteiger partial charge in [0.05, 0.1) is 6.54 Å². The van der Waals surface area contributed by atoms with Crippen LogP contribution in [0.2, 0.25) is 0 Å². The van der Waals surface area contributed by atoms with Crippen molar-refractivity contribution in [2.75, 3.05) is 56.2 Å². The van der Waals surface area contributed by atoms with Gasteiger partial charge in [-0.25, -0.2) is 4.98 Å². The zero-order chi connectivity index (χ0) is 21.5. The Labute approximate surface area is 186 Å². The summed E-state index contributed by atoms with van der Waals surface area (Å²) < 4.78 is 12.2. The highest BCUT2D eigenvalue weighted by atomic mass is 16.5. The van der Waals surface area contributed by atoms with Crippen LogP contribution in [0.25, 0.3) is 33.6 Å². The van der Waals surface area contributed by atoms with E-state index < -0.39 is 0 Å². The van der Waals surface area contributed by atoms with E-state index in [1.54, 1.807) is 0 Å². The van der Waals surface area contributed by atoms with Crippen molar-refractivity contribution in [3.63, 3.8) is 0 Å². The second kappa shape index (κ2) is 7.84. The molecule has 1 aromatic carbocycles. The van der Waals surface area contributed by atoms with Crippen molar-refractivity contribution in [1.29, 1.82) is 0 Å². The molecule has 0 radical (unpaired) electrons. The van der Waals surface area contributed by atoms with Crippen molar-refractivity contribution < 1.29 is 9.15 Å². The van der Waals surface area contributed by atoms with Gasteiger partial charge in [0.1, 0.15) is 17.9 Å². The topological polar surface area (TPSA) is 66.7 Å². The molecule has 7 nitrogen and oxygen atoms in total. The van der Waals surface area contributed by atoms with Crippen LogP contribution < -0.4 is 19.9 Å². The number of rotatable bonds is 3. The molecule has 0 aliphatic carbocycles. The van der Waals surface area contributed by atoms with Gasteiger partial charge >= 0.3 is 0 Å². The highest BCUT2D eigenvalue weighted by Gasteiger charge is 2.19. The maximum atomic E-state index is 6.33. The second-order valence-electron chi connectivity index (χ2n) is 8.28. The molecule has 1 saturated heterocycles. The van der Waals surface area contributed by atoms with Crippen LogP contribution in [-0.4, -0.2) is 56.3 Å². The molecule has 1 fully saturated rings. The van der Waals surface area contributed by atoms with Crippen LogP contribution in [-0.2, 0) is 0 Å². The standard InChI is InChI=1S/C25H25N5O2/c1-29-12-13-31-23-14-18(16-28-25(23)29)20-6-7-27-21-15-22(32-24(20)21)17-2-4-19(5-3-17)30-10-8-26-9-11-30/h2-7,14-16,26H,8-13H2,1H3. The Hall–Kier alpha value is -3.58. The molecule has 6 rings (SSSR count). The van der Waals surface area contributed by atoms with Gasteiger partial charge in [-0.2, -0.15) is 0 Å². The number of ether oxygens (including phenoxy) is 1. The number of benzene rings is 1. The molecule has 1 N–H and O–H groups in total. The number of aromatic nitrogens is 2. The Morgan fingerprint density at radius 3 is 2.62 bits per heavy atom. The molecule has 4 aromatic rings. The minimum Gasteiger partial charge on any atom is -0.488 e. The summed E-state index contributed by atoms with van der Waals surface area (Å²) in [6.45, 7) is 5.62. The Balaban J connectivity index is 1.35. The van der Waals surface area contributed by atoms with E-state index in [0.717, 1.165) is 77.8 Å². The number of fused-ring (bicyclic) bond motifs is 2. The van der Waals surface area contributed by atoms with Crippen molar-refractivity contribution >= 4 is 22.6 Å². The van der Waals surface area contributed by atoms with Gasteiger partial charge in [-0.05, 0) is 36.4 Å². The summed E-state index contributed by atoms with van der Waals surface area (Å²) in [5.74, 6) is 2.49. The Kier molecular flexibility index (Phi) is 4.69. The van der Waals surface area contributed by atoms with E-state index in [1.807, 2.05) is 37.6 Å². The number of likely N-dealkylation sites (N-methyl/N-ethyl adjacent to an activating group) is 1. The number of pyridine rings is 2. The smallest absolute Gasteiger partial charge is 0.171 e. The van der Waals surface area contributed by atoms with Crippen molar-refractivity contribution in [1.82, 2.24) is 15.3 Å². The van der Waals surface area contributed by atoms with Crippen molar-refractivity contribution in [3.8, 4) is 28.2 Å². The largest absolute Gasteiger partial charge is 0.488 e. The zero-order valence-corrected chi connectivity index (χ0v) is 18.0. The van der Waals surface area contributed by atoms with Crippen LogP contribution in [0.5, 0.6) is 5.75 Å². The maximum absolute atomic E-state index is 6.33. The van der Waals surface area contributed by atoms with Crippen molar-refractivity contribution in [2.45, 2.75) is 0 Å². The van der Waals surface area contributed by atoms with Crippen LogP contribution in [0, 0.1) is 0 Å². The predicted molar refractivity (Wildman–Crippen MR) is 127 cm³/mol. The summed E-state index contributed by atoms with van der Waals surface area (Å²) in [5.41, 5.74) is 5.81. The molecular formula is C25H25N5O2. The third-order valence-electron chi connectivity index (χ3n) is 6.24. The van der Waals surface area contributed by atoms with Crippen LogP contribution >= 0.6 is 0 Å². The summed E-state index contributed by atoms with van der Waals surface area (Å²) in [6.07, 6.45) is 3.69. The quantitative estimate of drug-likeness (QED) is 0.533. The van der Waals surface area contributed by atoms with Gasteiger partial charge in [0, 0.05) is 74.1 Å². The highest BCUT2D eigenvalue weighted by molar-refractivity contribution is 5.92. The zero-order valence-electron chi connectivity index (χ0n) is 18.0. The normalized spacial score (nSPS) is 16.2. The van der Waals surface area contributed by atoms with Crippen LogP contribution in [0.1, 0.15) is 0 Å². The third-order valence-corrected chi connectivity index (χ3v) is 6.24. The average Bonchev–Trinajstić information content (AvgIpc) is 3.29. The number of hydrogen-bond donors (Lipinski definition) is 1. The lowest BCUT2D eigenvalue weighted by molar-refractivity contribution is 0.309. The SMILES string of the molecule is CN1CCOc2cc(-c3ccnc4cc(-c5ccc(N6CCNCC6)cc5)oc34)cnc21. The Morgan fingerprint density at radius 1 is 0.938 bits per heavy atom. The number of anilines is 2. The minimum atomic E-state index is 0.662.